The van der Waals surface area contributed by atoms with E-state index in [-0.39, 0.29) is 5.69 Å². The van der Waals surface area contributed by atoms with Crippen molar-refractivity contribution in [1.82, 2.24) is 9.97 Å². The predicted molar refractivity (Wildman–Crippen MR) is 98.2 cm³/mol. The summed E-state index contributed by atoms with van der Waals surface area (Å²) >= 11 is 0. The number of aromatic nitrogens is 2. The molecule has 0 unspecified atom stereocenters. The molecule has 126 valence electrons. The fourth-order valence-electron chi connectivity index (χ4n) is 2.60. The largest absolute Gasteiger partial charge is 0.269 e. The van der Waals surface area contributed by atoms with Crippen molar-refractivity contribution in [2.24, 2.45) is 0 Å². The highest BCUT2D eigenvalue weighted by Crippen LogP contribution is 2.24. The monoisotopic (exact) mass is 333 g/mol. The van der Waals surface area contributed by atoms with Crippen molar-refractivity contribution in [1.29, 1.82) is 0 Å². The molecule has 0 saturated carbocycles. The Kier molecular flexibility index (Phi) is 5.14. The predicted octanol–water partition coefficient (Wildman–Crippen LogP) is 5.06. The summed E-state index contributed by atoms with van der Waals surface area (Å²) in [5.41, 5.74) is 3.74. The first-order valence-electron chi connectivity index (χ1n) is 8.35. The summed E-state index contributed by atoms with van der Waals surface area (Å²) < 4.78 is 0. The molecule has 0 amide bonds. The van der Waals surface area contributed by atoms with Crippen LogP contribution in [0.5, 0.6) is 0 Å². The Morgan fingerprint density at radius 1 is 0.960 bits per heavy atom. The number of hydrogen-bond acceptors (Lipinski definition) is 4. The molecule has 3 aromatic rings. The zero-order valence-electron chi connectivity index (χ0n) is 14.1. The molecule has 0 aliphatic rings. The van der Waals surface area contributed by atoms with Gasteiger partial charge in [0.25, 0.3) is 5.69 Å². The lowest BCUT2D eigenvalue weighted by Crippen LogP contribution is -1.99. The standard InChI is InChI=1S/C20H19N3O2/c1-2-3-9-17-14-19(15-7-5-4-6-8-15)22-20(21-17)16-10-12-18(13-11-16)23(24)25/h4-8,10-14H,2-3,9H2,1H3. The van der Waals surface area contributed by atoms with E-state index >= 15 is 0 Å². The number of hydrogen-bond donors (Lipinski definition) is 0. The van der Waals surface area contributed by atoms with Crippen LogP contribution in [0.1, 0.15) is 25.5 Å². The molecular formula is C20H19N3O2. The molecule has 3 rings (SSSR count). The SMILES string of the molecule is CCCCc1cc(-c2ccccc2)nc(-c2ccc([N+](=O)[O-])cc2)n1. The molecule has 0 aliphatic heterocycles. The van der Waals surface area contributed by atoms with Gasteiger partial charge < -0.3 is 0 Å². The Morgan fingerprint density at radius 2 is 1.68 bits per heavy atom. The van der Waals surface area contributed by atoms with Crippen LogP contribution in [0.15, 0.2) is 60.7 Å². The van der Waals surface area contributed by atoms with Crippen LogP contribution in [0.3, 0.4) is 0 Å². The van der Waals surface area contributed by atoms with Crippen molar-refractivity contribution in [3.63, 3.8) is 0 Å². The van der Waals surface area contributed by atoms with Gasteiger partial charge in [-0.15, -0.1) is 0 Å². The normalized spacial score (nSPS) is 10.6. The van der Waals surface area contributed by atoms with Gasteiger partial charge in [0.05, 0.1) is 10.6 Å². The second kappa shape index (κ2) is 7.66. The van der Waals surface area contributed by atoms with Gasteiger partial charge in [-0.05, 0) is 31.0 Å². The molecule has 25 heavy (non-hydrogen) atoms. The minimum atomic E-state index is -0.405. The first-order valence-corrected chi connectivity index (χ1v) is 8.35. The van der Waals surface area contributed by atoms with Gasteiger partial charge in [0.15, 0.2) is 5.82 Å². The number of nitro groups is 1. The third-order valence-corrected chi connectivity index (χ3v) is 3.97. The minimum absolute atomic E-state index is 0.0640. The summed E-state index contributed by atoms with van der Waals surface area (Å²) in [5, 5.41) is 10.8. The molecule has 0 atom stereocenters. The molecule has 0 fully saturated rings. The van der Waals surface area contributed by atoms with E-state index in [4.69, 9.17) is 0 Å². The van der Waals surface area contributed by atoms with Gasteiger partial charge in [-0.1, -0.05) is 43.7 Å². The van der Waals surface area contributed by atoms with E-state index in [2.05, 4.69) is 16.9 Å². The highest BCUT2D eigenvalue weighted by Gasteiger charge is 2.11. The third-order valence-electron chi connectivity index (χ3n) is 3.97. The van der Waals surface area contributed by atoms with Crippen molar-refractivity contribution >= 4 is 5.69 Å². The first kappa shape index (κ1) is 16.8. The van der Waals surface area contributed by atoms with Gasteiger partial charge in [-0.2, -0.15) is 0 Å². The van der Waals surface area contributed by atoms with Crippen molar-refractivity contribution in [3.8, 4) is 22.6 Å². The summed E-state index contributed by atoms with van der Waals surface area (Å²) in [4.78, 5) is 19.8. The van der Waals surface area contributed by atoms with Gasteiger partial charge in [0.2, 0.25) is 0 Å². The molecule has 0 saturated heterocycles. The molecule has 2 aromatic carbocycles. The van der Waals surface area contributed by atoms with Crippen molar-refractivity contribution in [2.45, 2.75) is 26.2 Å². The maximum atomic E-state index is 10.8. The highest BCUT2D eigenvalue weighted by molar-refractivity contribution is 5.64. The van der Waals surface area contributed by atoms with E-state index in [0.29, 0.717) is 5.82 Å². The van der Waals surface area contributed by atoms with Crippen LogP contribution in [0, 0.1) is 10.1 Å². The van der Waals surface area contributed by atoms with Crippen LogP contribution in [-0.4, -0.2) is 14.9 Å². The lowest BCUT2D eigenvalue weighted by Gasteiger charge is -2.08. The highest BCUT2D eigenvalue weighted by atomic mass is 16.6. The van der Waals surface area contributed by atoms with Gasteiger partial charge in [0.1, 0.15) is 0 Å². The number of non-ortho nitro benzene ring substituents is 1. The molecule has 1 heterocycles. The van der Waals surface area contributed by atoms with E-state index < -0.39 is 4.92 Å². The van der Waals surface area contributed by atoms with Crippen molar-refractivity contribution in [3.05, 3.63) is 76.5 Å². The quantitative estimate of drug-likeness (QED) is 0.467. The zero-order chi connectivity index (χ0) is 17.6. The first-order chi connectivity index (χ1) is 12.2. The molecule has 0 aliphatic carbocycles. The Labute approximate surface area is 146 Å². The maximum absolute atomic E-state index is 10.8. The topological polar surface area (TPSA) is 68.9 Å². The Balaban J connectivity index is 2.04. The average molecular weight is 333 g/mol. The van der Waals surface area contributed by atoms with Gasteiger partial charge >= 0.3 is 0 Å². The van der Waals surface area contributed by atoms with E-state index in [0.717, 1.165) is 41.8 Å². The molecule has 1 aromatic heterocycles. The van der Waals surface area contributed by atoms with E-state index in [9.17, 15) is 10.1 Å². The number of nitro benzene ring substituents is 1. The number of benzene rings is 2. The molecule has 0 N–H and O–H groups in total. The smallest absolute Gasteiger partial charge is 0.258 e. The molecule has 0 radical (unpaired) electrons. The van der Waals surface area contributed by atoms with Crippen molar-refractivity contribution < 1.29 is 4.92 Å². The number of unbranched alkanes of at least 4 members (excludes halogenated alkanes) is 1. The molecule has 0 bridgehead atoms. The summed E-state index contributed by atoms with van der Waals surface area (Å²) in [7, 11) is 0. The third kappa shape index (κ3) is 4.07. The fourth-order valence-corrected chi connectivity index (χ4v) is 2.60. The van der Waals surface area contributed by atoms with E-state index in [1.165, 1.54) is 12.1 Å². The van der Waals surface area contributed by atoms with Gasteiger partial charge in [0, 0.05) is 29.0 Å². The van der Waals surface area contributed by atoms with Crippen LogP contribution in [-0.2, 0) is 6.42 Å². The fraction of sp³-hybridized carbons (Fsp3) is 0.200. The molecule has 5 nitrogen and oxygen atoms in total. The van der Waals surface area contributed by atoms with Crippen LogP contribution in [0.4, 0.5) is 5.69 Å². The Morgan fingerprint density at radius 3 is 2.32 bits per heavy atom. The van der Waals surface area contributed by atoms with Crippen molar-refractivity contribution in [2.75, 3.05) is 0 Å². The van der Waals surface area contributed by atoms with Crippen LogP contribution in [0.2, 0.25) is 0 Å². The molecule has 5 heteroatoms. The summed E-state index contributed by atoms with van der Waals surface area (Å²) in [6, 6.07) is 18.4. The van der Waals surface area contributed by atoms with Gasteiger partial charge in [-0.25, -0.2) is 9.97 Å². The Hall–Kier alpha value is -3.08. The number of aryl methyl sites for hydroxylation is 1. The summed E-state index contributed by atoms with van der Waals surface area (Å²) in [6.07, 6.45) is 3.04. The lowest BCUT2D eigenvalue weighted by atomic mass is 10.1. The van der Waals surface area contributed by atoms with E-state index in [1.54, 1.807) is 12.1 Å². The van der Waals surface area contributed by atoms with Crippen LogP contribution < -0.4 is 0 Å². The van der Waals surface area contributed by atoms with Crippen LogP contribution in [0.25, 0.3) is 22.6 Å². The molecular weight excluding hydrogens is 314 g/mol. The second-order valence-electron chi connectivity index (χ2n) is 5.84. The summed E-state index contributed by atoms with van der Waals surface area (Å²) in [5.74, 6) is 0.599. The Bertz CT molecular complexity index is 862. The van der Waals surface area contributed by atoms with Gasteiger partial charge in [-0.3, -0.25) is 10.1 Å². The van der Waals surface area contributed by atoms with E-state index in [1.807, 2.05) is 36.4 Å². The number of nitrogens with zero attached hydrogens (tertiary/aromatic N) is 3. The summed E-state index contributed by atoms with van der Waals surface area (Å²) in [6.45, 7) is 2.15. The lowest BCUT2D eigenvalue weighted by molar-refractivity contribution is -0.384. The minimum Gasteiger partial charge on any atom is -0.258 e. The van der Waals surface area contributed by atoms with Crippen LogP contribution >= 0.6 is 0 Å². The molecule has 0 spiro atoms. The zero-order valence-corrected chi connectivity index (χ0v) is 14.1. The second-order valence-corrected chi connectivity index (χ2v) is 5.84. The number of rotatable bonds is 6. The average Bonchev–Trinajstić information content (AvgIpc) is 2.67. The maximum Gasteiger partial charge on any atom is 0.269 e.